The first-order valence-corrected chi connectivity index (χ1v) is 6.50. The highest BCUT2D eigenvalue weighted by molar-refractivity contribution is 5.95. The summed E-state index contributed by atoms with van der Waals surface area (Å²) in [4.78, 5) is 11.5. The van der Waals surface area contributed by atoms with E-state index in [1.54, 1.807) is 19.2 Å². The second kappa shape index (κ2) is 4.88. The van der Waals surface area contributed by atoms with E-state index in [4.69, 9.17) is 5.73 Å². The molecule has 98 valence electrons. The molecule has 0 aliphatic heterocycles. The molecule has 1 saturated carbocycles. The fourth-order valence-electron chi connectivity index (χ4n) is 2.42. The Hall–Kier alpha value is -1.71. The largest absolute Gasteiger partial charge is 0.397 e. The van der Waals surface area contributed by atoms with Gasteiger partial charge in [0.15, 0.2) is 0 Å². The molecule has 0 spiro atoms. The van der Waals surface area contributed by atoms with E-state index < -0.39 is 0 Å². The van der Waals surface area contributed by atoms with Gasteiger partial charge in [-0.2, -0.15) is 0 Å². The summed E-state index contributed by atoms with van der Waals surface area (Å²) >= 11 is 0. The van der Waals surface area contributed by atoms with Gasteiger partial charge in [-0.15, -0.1) is 0 Å². The maximum atomic E-state index is 11.5. The predicted octanol–water partition coefficient (Wildman–Crippen LogP) is 2.37. The number of carbonyl (C=O) groups excluding carboxylic acids is 1. The van der Waals surface area contributed by atoms with Crippen LogP contribution in [0.15, 0.2) is 18.2 Å². The van der Waals surface area contributed by atoms with Gasteiger partial charge in [0.05, 0.1) is 11.4 Å². The molecule has 1 aliphatic carbocycles. The topological polar surface area (TPSA) is 67.2 Å². The van der Waals surface area contributed by atoms with Gasteiger partial charge < -0.3 is 16.4 Å². The lowest BCUT2D eigenvalue weighted by molar-refractivity contribution is 0.0963. The highest BCUT2D eigenvalue weighted by Gasteiger charge is 2.35. The Morgan fingerprint density at radius 3 is 2.61 bits per heavy atom. The van der Waals surface area contributed by atoms with E-state index in [1.165, 1.54) is 19.3 Å². The molecule has 0 atom stereocenters. The van der Waals surface area contributed by atoms with Crippen molar-refractivity contribution >= 4 is 17.3 Å². The van der Waals surface area contributed by atoms with Crippen molar-refractivity contribution in [1.82, 2.24) is 5.32 Å². The van der Waals surface area contributed by atoms with Gasteiger partial charge >= 0.3 is 0 Å². The zero-order valence-corrected chi connectivity index (χ0v) is 11.0. The first-order valence-electron chi connectivity index (χ1n) is 6.50. The van der Waals surface area contributed by atoms with Gasteiger partial charge in [0.25, 0.3) is 5.91 Å². The van der Waals surface area contributed by atoms with Gasteiger partial charge in [-0.25, -0.2) is 0 Å². The summed E-state index contributed by atoms with van der Waals surface area (Å²) in [6.07, 6.45) is 4.76. The molecule has 4 heteroatoms. The maximum absolute atomic E-state index is 11.5. The van der Waals surface area contributed by atoms with E-state index in [0.717, 1.165) is 12.1 Å². The van der Waals surface area contributed by atoms with Crippen molar-refractivity contribution in [2.24, 2.45) is 0 Å². The van der Waals surface area contributed by atoms with Crippen molar-refractivity contribution in [3.63, 3.8) is 0 Å². The second-order valence-corrected chi connectivity index (χ2v) is 4.99. The van der Waals surface area contributed by atoms with Crippen molar-refractivity contribution < 1.29 is 4.79 Å². The first-order chi connectivity index (χ1) is 8.60. The lowest BCUT2D eigenvalue weighted by Crippen LogP contribution is -2.44. The monoisotopic (exact) mass is 247 g/mol. The summed E-state index contributed by atoms with van der Waals surface area (Å²) in [5.41, 5.74) is 8.39. The van der Waals surface area contributed by atoms with Crippen LogP contribution < -0.4 is 16.4 Å². The number of nitrogens with two attached hydrogens (primary N) is 1. The summed E-state index contributed by atoms with van der Waals surface area (Å²) in [6, 6.07) is 5.43. The van der Waals surface area contributed by atoms with Gasteiger partial charge in [-0.3, -0.25) is 4.79 Å². The Morgan fingerprint density at radius 1 is 1.44 bits per heavy atom. The third kappa shape index (κ3) is 2.28. The normalized spacial score (nSPS) is 16.8. The molecule has 0 aromatic heterocycles. The molecule has 18 heavy (non-hydrogen) atoms. The number of amides is 1. The number of hydrogen-bond donors (Lipinski definition) is 3. The number of rotatable bonds is 4. The molecule has 1 aliphatic rings. The zero-order chi connectivity index (χ0) is 13.2. The fourth-order valence-corrected chi connectivity index (χ4v) is 2.42. The molecule has 4 nitrogen and oxygen atoms in total. The minimum Gasteiger partial charge on any atom is -0.397 e. The number of hydrogen-bond acceptors (Lipinski definition) is 3. The van der Waals surface area contributed by atoms with E-state index in [-0.39, 0.29) is 11.4 Å². The standard InChI is InChI=1S/C14H21N3O/c1-3-14(7-4-8-14)17-12-6-5-10(9-11(12)15)13(18)16-2/h5-6,9,17H,3-4,7-8,15H2,1-2H3,(H,16,18). The van der Waals surface area contributed by atoms with E-state index in [0.29, 0.717) is 11.3 Å². The molecule has 4 N–H and O–H groups in total. The van der Waals surface area contributed by atoms with Gasteiger partial charge in [0, 0.05) is 18.2 Å². The summed E-state index contributed by atoms with van der Waals surface area (Å²) in [7, 11) is 1.62. The molecule has 0 heterocycles. The Morgan fingerprint density at radius 2 is 2.17 bits per heavy atom. The van der Waals surface area contributed by atoms with Crippen LogP contribution in [0.4, 0.5) is 11.4 Å². The predicted molar refractivity (Wildman–Crippen MR) is 74.7 cm³/mol. The number of benzene rings is 1. The maximum Gasteiger partial charge on any atom is 0.251 e. The molecule has 0 radical (unpaired) electrons. The lowest BCUT2D eigenvalue weighted by atomic mass is 9.74. The molecule has 1 aromatic rings. The molecule has 0 saturated heterocycles. The highest BCUT2D eigenvalue weighted by Crippen LogP contribution is 2.39. The van der Waals surface area contributed by atoms with Crippen LogP contribution in [0.2, 0.25) is 0 Å². The van der Waals surface area contributed by atoms with Crippen molar-refractivity contribution in [3.05, 3.63) is 23.8 Å². The van der Waals surface area contributed by atoms with E-state index >= 15 is 0 Å². The molecule has 0 unspecified atom stereocenters. The summed E-state index contributed by atoms with van der Waals surface area (Å²) < 4.78 is 0. The summed E-state index contributed by atoms with van der Waals surface area (Å²) in [5.74, 6) is -0.109. The number of nitrogen functional groups attached to an aromatic ring is 1. The van der Waals surface area contributed by atoms with Crippen molar-refractivity contribution in [3.8, 4) is 0 Å². The van der Waals surface area contributed by atoms with Gasteiger partial charge in [-0.1, -0.05) is 6.92 Å². The lowest BCUT2D eigenvalue weighted by Gasteiger charge is -2.43. The number of nitrogens with one attached hydrogen (secondary N) is 2. The van der Waals surface area contributed by atoms with Gasteiger partial charge in [-0.05, 0) is 43.9 Å². The molecular formula is C14H21N3O. The minimum atomic E-state index is -0.109. The SMILES string of the molecule is CCC1(Nc2ccc(C(=O)NC)cc2N)CCC1. The van der Waals surface area contributed by atoms with Crippen LogP contribution in [0.1, 0.15) is 43.0 Å². The average molecular weight is 247 g/mol. The van der Waals surface area contributed by atoms with Crippen molar-refractivity contribution in [2.75, 3.05) is 18.1 Å². The Bertz CT molecular complexity index is 447. The van der Waals surface area contributed by atoms with Crippen LogP contribution in [0.25, 0.3) is 0 Å². The van der Waals surface area contributed by atoms with Crippen LogP contribution in [-0.4, -0.2) is 18.5 Å². The van der Waals surface area contributed by atoms with Crippen LogP contribution in [0, 0.1) is 0 Å². The van der Waals surface area contributed by atoms with Crippen LogP contribution in [0.3, 0.4) is 0 Å². The van der Waals surface area contributed by atoms with Crippen LogP contribution in [0.5, 0.6) is 0 Å². The second-order valence-electron chi connectivity index (χ2n) is 4.99. The van der Waals surface area contributed by atoms with Gasteiger partial charge in [0.1, 0.15) is 0 Å². The third-order valence-corrected chi connectivity index (χ3v) is 3.93. The smallest absolute Gasteiger partial charge is 0.251 e. The molecular weight excluding hydrogens is 226 g/mol. The van der Waals surface area contributed by atoms with E-state index in [2.05, 4.69) is 17.6 Å². The minimum absolute atomic E-state index is 0.109. The molecule has 1 fully saturated rings. The van der Waals surface area contributed by atoms with Crippen LogP contribution >= 0.6 is 0 Å². The van der Waals surface area contributed by atoms with Crippen molar-refractivity contribution in [1.29, 1.82) is 0 Å². The fraction of sp³-hybridized carbons (Fsp3) is 0.500. The average Bonchev–Trinajstić information content (AvgIpc) is 2.34. The summed E-state index contributed by atoms with van der Waals surface area (Å²) in [6.45, 7) is 2.20. The Balaban J connectivity index is 2.17. The summed E-state index contributed by atoms with van der Waals surface area (Å²) in [5, 5.41) is 6.13. The Kier molecular flexibility index (Phi) is 3.45. The molecule has 1 aromatic carbocycles. The zero-order valence-electron chi connectivity index (χ0n) is 11.0. The van der Waals surface area contributed by atoms with E-state index in [1.807, 2.05) is 6.07 Å². The highest BCUT2D eigenvalue weighted by atomic mass is 16.1. The molecule has 0 bridgehead atoms. The third-order valence-electron chi connectivity index (χ3n) is 3.93. The number of carbonyl (C=O) groups is 1. The quantitative estimate of drug-likeness (QED) is 0.716. The first kappa shape index (κ1) is 12.7. The van der Waals surface area contributed by atoms with Gasteiger partial charge in [0.2, 0.25) is 0 Å². The molecule has 1 amide bonds. The number of anilines is 2. The molecule has 2 rings (SSSR count). The van der Waals surface area contributed by atoms with Crippen LogP contribution in [-0.2, 0) is 0 Å². The van der Waals surface area contributed by atoms with Crippen molar-refractivity contribution in [2.45, 2.75) is 38.1 Å². The Labute approximate surface area is 108 Å². The van der Waals surface area contributed by atoms with E-state index in [9.17, 15) is 4.79 Å².